The number of aliphatic hydroxyl groups excluding tert-OH is 1. The topological polar surface area (TPSA) is 59.7 Å². The maximum absolute atomic E-state index is 9.48. The summed E-state index contributed by atoms with van der Waals surface area (Å²) in [6.45, 7) is -0.133. The van der Waals surface area contributed by atoms with Crippen molar-refractivity contribution in [1.82, 2.24) is 14.6 Å². The first-order valence-corrected chi connectivity index (χ1v) is 5.99. The summed E-state index contributed by atoms with van der Waals surface area (Å²) in [6.07, 6.45) is 4.75. The lowest BCUT2D eigenvalue weighted by atomic mass is 10.2. The predicted octanol–water partition coefficient (Wildman–Crippen LogP) is 1.84. The van der Waals surface area contributed by atoms with Crippen LogP contribution in [-0.4, -0.2) is 26.3 Å². The molecule has 1 atom stereocenters. The molecule has 3 aromatic rings. The molecule has 0 saturated carbocycles. The van der Waals surface area contributed by atoms with E-state index in [1.165, 1.54) is 0 Å². The maximum Gasteiger partial charge on any atom is 0.163 e. The van der Waals surface area contributed by atoms with Crippen LogP contribution in [0.15, 0.2) is 55.0 Å². The lowest BCUT2D eigenvalue weighted by Crippen LogP contribution is -2.13. The second-order valence-corrected chi connectivity index (χ2v) is 4.08. The highest BCUT2D eigenvalue weighted by atomic mass is 16.5. The fourth-order valence-corrected chi connectivity index (χ4v) is 1.94. The zero-order valence-corrected chi connectivity index (χ0v) is 10.2. The van der Waals surface area contributed by atoms with Crippen LogP contribution >= 0.6 is 0 Å². The van der Waals surface area contributed by atoms with Crippen LogP contribution < -0.4 is 4.74 Å². The van der Waals surface area contributed by atoms with E-state index in [9.17, 15) is 5.11 Å². The first-order chi connectivity index (χ1) is 9.38. The van der Waals surface area contributed by atoms with Gasteiger partial charge in [0.05, 0.1) is 18.5 Å². The van der Waals surface area contributed by atoms with Crippen molar-refractivity contribution >= 4 is 5.52 Å². The highest BCUT2D eigenvalue weighted by Crippen LogP contribution is 2.24. The first-order valence-electron chi connectivity index (χ1n) is 5.99. The van der Waals surface area contributed by atoms with E-state index >= 15 is 0 Å². The molecule has 0 aliphatic heterocycles. The quantitative estimate of drug-likeness (QED) is 0.772. The van der Waals surface area contributed by atoms with E-state index in [1.54, 1.807) is 16.9 Å². The lowest BCUT2D eigenvalue weighted by Gasteiger charge is -2.16. The molecule has 96 valence electrons. The van der Waals surface area contributed by atoms with Crippen molar-refractivity contribution < 1.29 is 9.84 Å². The summed E-state index contributed by atoms with van der Waals surface area (Å²) in [7, 11) is 0. The predicted molar refractivity (Wildman–Crippen MR) is 69.9 cm³/mol. The average molecular weight is 255 g/mol. The molecular formula is C14H13N3O2. The summed E-state index contributed by atoms with van der Waals surface area (Å²) in [4.78, 5) is 4.21. The van der Waals surface area contributed by atoms with Crippen LogP contribution in [0.1, 0.15) is 11.8 Å². The van der Waals surface area contributed by atoms with E-state index in [1.807, 2.05) is 42.6 Å². The summed E-state index contributed by atoms with van der Waals surface area (Å²) in [5.41, 5.74) is 1.56. The van der Waals surface area contributed by atoms with Crippen LogP contribution in [-0.2, 0) is 0 Å². The monoisotopic (exact) mass is 255 g/mol. The van der Waals surface area contributed by atoms with E-state index in [-0.39, 0.29) is 6.61 Å². The number of ether oxygens (including phenoxy) is 1. The molecule has 0 aliphatic rings. The minimum Gasteiger partial charge on any atom is -0.479 e. The highest BCUT2D eigenvalue weighted by Gasteiger charge is 2.15. The molecule has 0 radical (unpaired) electrons. The number of hydrogen-bond acceptors (Lipinski definition) is 4. The van der Waals surface area contributed by atoms with Crippen molar-refractivity contribution in [3.63, 3.8) is 0 Å². The Balaban J connectivity index is 1.93. The molecule has 5 nitrogen and oxygen atoms in total. The summed E-state index contributed by atoms with van der Waals surface area (Å²) in [5.74, 6) is 0.671. The van der Waals surface area contributed by atoms with Gasteiger partial charge in [-0.1, -0.05) is 6.07 Å². The second kappa shape index (κ2) is 5.07. The Bertz CT molecular complexity index is 667. The third-order valence-corrected chi connectivity index (χ3v) is 2.85. The molecule has 0 fully saturated rings. The minimum absolute atomic E-state index is 0.133. The second-order valence-electron chi connectivity index (χ2n) is 4.08. The van der Waals surface area contributed by atoms with Gasteiger partial charge in [-0.3, -0.25) is 4.98 Å². The van der Waals surface area contributed by atoms with E-state index in [0.29, 0.717) is 11.4 Å². The molecule has 0 aromatic carbocycles. The van der Waals surface area contributed by atoms with E-state index in [0.717, 1.165) is 5.52 Å². The van der Waals surface area contributed by atoms with Gasteiger partial charge in [0.15, 0.2) is 6.10 Å². The number of nitrogens with zero attached hydrogens (tertiary/aromatic N) is 3. The molecule has 0 aliphatic carbocycles. The Labute approximate surface area is 110 Å². The van der Waals surface area contributed by atoms with Crippen LogP contribution in [0, 0.1) is 0 Å². The maximum atomic E-state index is 9.48. The average Bonchev–Trinajstić information content (AvgIpc) is 2.95. The summed E-state index contributed by atoms with van der Waals surface area (Å²) in [5, 5.41) is 13.6. The Morgan fingerprint density at radius 1 is 1.16 bits per heavy atom. The molecule has 0 saturated heterocycles. The van der Waals surface area contributed by atoms with Gasteiger partial charge in [-0.15, -0.1) is 0 Å². The molecule has 3 rings (SSSR count). The standard InChI is InChI=1S/C14H13N3O2/c18-10-14(11-4-1-2-7-15-11)19-13-5-3-9-17-12(13)6-8-16-17/h1-9,14,18H,10H2/t14-/m1/s1. The van der Waals surface area contributed by atoms with E-state index in [4.69, 9.17) is 4.74 Å². The third-order valence-electron chi connectivity index (χ3n) is 2.85. The van der Waals surface area contributed by atoms with Crippen LogP contribution in [0.5, 0.6) is 5.75 Å². The molecule has 0 bridgehead atoms. The molecular weight excluding hydrogens is 242 g/mol. The lowest BCUT2D eigenvalue weighted by molar-refractivity contribution is 0.114. The van der Waals surface area contributed by atoms with Crippen LogP contribution in [0.25, 0.3) is 5.52 Å². The molecule has 3 aromatic heterocycles. The van der Waals surface area contributed by atoms with Crippen molar-refractivity contribution in [3.8, 4) is 5.75 Å². The normalized spacial score (nSPS) is 12.5. The van der Waals surface area contributed by atoms with Gasteiger partial charge in [0, 0.05) is 12.4 Å². The molecule has 0 unspecified atom stereocenters. The Kier molecular flexibility index (Phi) is 3.12. The zero-order chi connectivity index (χ0) is 13.1. The van der Waals surface area contributed by atoms with Gasteiger partial charge in [-0.2, -0.15) is 5.10 Å². The van der Waals surface area contributed by atoms with Gasteiger partial charge in [0.1, 0.15) is 11.3 Å². The highest BCUT2D eigenvalue weighted by molar-refractivity contribution is 5.58. The Morgan fingerprint density at radius 3 is 2.89 bits per heavy atom. The van der Waals surface area contributed by atoms with Crippen molar-refractivity contribution in [2.45, 2.75) is 6.10 Å². The fourth-order valence-electron chi connectivity index (χ4n) is 1.94. The van der Waals surface area contributed by atoms with Gasteiger partial charge in [-0.25, -0.2) is 4.52 Å². The first kappa shape index (κ1) is 11.7. The van der Waals surface area contributed by atoms with E-state index in [2.05, 4.69) is 10.1 Å². The van der Waals surface area contributed by atoms with Gasteiger partial charge in [0.25, 0.3) is 0 Å². The molecule has 1 N–H and O–H groups in total. The molecule has 0 amide bonds. The fraction of sp³-hybridized carbons (Fsp3) is 0.143. The largest absolute Gasteiger partial charge is 0.479 e. The zero-order valence-electron chi connectivity index (χ0n) is 10.2. The number of aliphatic hydroxyl groups is 1. The van der Waals surface area contributed by atoms with Crippen molar-refractivity contribution in [2.75, 3.05) is 6.61 Å². The Morgan fingerprint density at radius 2 is 2.11 bits per heavy atom. The van der Waals surface area contributed by atoms with Crippen molar-refractivity contribution in [1.29, 1.82) is 0 Å². The van der Waals surface area contributed by atoms with Crippen molar-refractivity contribution in [2.24, 2.45) is 0 Å². The summed E-state index contributed by atoms with van der Waals surface area (Å²) >= 11 is 0. The number of pyridine rings is 2. The summed E-state index contributed by atoms with van der Waals surface area (Å²) in [6, 6.07) is 11.1. The smallest absolute Gasteiger partial charge is 0.163 e. The van der Waals surface area contributed by atoms with Crippen molar-refractivity contribution in [3.05, 3.63) is 60.7 Å². The van der Waals surface area contributed by atoms with E-state index < -0.39 is 6.10 Å². The number of hydrogen-bond donors (Lipinski definition) is 1. The minimum atomic E-state index is -0.484. The van der Waals surface area contributed by atoms with Crippen LogP contribution in [0.2, 0.25) is 0 Å². The summed E-state index contributed by atoms with van der Waals surface area (Å²) < 4.78 is 7.57. The van der Waals surface area contributed by atoms with Gasteiger partial charge >= 0.3 is 0 Å². The SMILES string of the molecule is OC[C@@H](Oc1cccn2nccc12)c1ccccn1. The molecule has 3 heterocycles. The van der Waals surface area contributed by atoms with Gasteiger partial charge in [-0.05, 0) is 30.3 Å². The van der Waals surface area contributed by atoms with Gasteiger partial charge in [0.2, 0.25) is 0 Å². The number of fused-ring (bicyclic) bond motifs is 1. The van der Waals surface area contributed by atoms with Gasteiger partial charge < -0.3 is 9.84 Å². The molecule has 0 spiro atoms. The molecule has 5 heteroatoms. The van der Waals surface area contributed by atoms with Crippen LogP contribution in [0.3, 0.4) is 0 Å². The Hall–Kier alpha value is -2.40. The van der Waals surface area contributed by atoms with Crippen LogP contribution in [0.4, 0.5) is 0 Å². The third kappa shape index (κ3) is 2.28. The number of rotatable bonds is 4. The molecule has 19 heavy (non-hydrogen) atoms. The number of aromatic nitrogens is 3.